The first kappa shape index (κ1) is 24.4. The molecule has 1 aliphatic rings. The lowest BCUT2D eigenvalue weighted by Crippen LogP contribution is -2.40. The summed E-state index contributed by atoms with van der Waals surface area (Å²) in [6.07, 6.45) is 4.47. The molecule has 0 bridgehead atoms. The number of fused-ring (bicyclic) bond motifs is 1. The normalized spacial score (nSPS) is 14.1. The SMILES string of the molecule is CC1(C)CCCn2c1nc(C(=O)NCc1ccc(F)cc1-n1cncn1)c(OCc1ccccc1)c2=O. The average Bonchev–Trinajstić information content (AvgIpc) is 3.43. The maximum atomic E-state index is 13.9. The number of amides is 1. The van der Waals surface area contributed by atoms with Crippen molar-refractivity contribution < 1.29 is 13.9 Å². The molecule has 1 aliphatic heterocycles. The molecule has 0 radical (unpaired) electrons. The molecule has 0 aliphatic carbocycles. The topological polar surface area (TPSA) is 104 Å². The Hall–Kier alpha value is -4.34. The van der Waals surface area contributed by atoms with Crippen molar-refractivity contribution in [3.05, 3.63) is 100 Å². The van der Waals surface area contributed by atoms with Crippen LogP contribution in [0.15, 0.2) is 66.0 Å². The zero-order chi connectivity index (χ0) is 26.0. The minimum atomic E-state index is -0.557. The van der Waals surface area contributed by atoms with Crippen molar-refractivity contribution >= 4 is 5.91 Å². The number of ether oxygens (including phenoxy) is 1. The summed E-state index contributed by atoms with van der Waals surface area (Å²) in [6.45, 7) is 4.72. The van der Waals surface area contributed by atoms with E-state index in [-0.39, 0.29) is 35.6 Å². The van der Waals surface area contributed by atoms with E-state index in [9.17, 15) is 14.0 Å². The number of benzene rings is 2. The van der Waals surface area contributed by atoms with E-state index in [1.165, 1.54) is 29.5 Å². The van der Waals surface area contributed by atoms with Gasteiger partial charge in [-0.25, -0.2) is 19.0 Å². The predicted molar refractivity (Wildman–Crippen MR) is 134 cm³/mol. The Labute approximate surface area is 213 Å². The molecule has 0 saturated heterocycles. The van der Waals surface area contributed by atoms with Gasteiger partial charge in [-0.2, -0.15) is 5.10 Å². The first-order valence-corrected chi connectivity index (χ1v) is 12.1. The largest absolute Gasteiger partial charge is 0.481 e. The number of carbonyl (C=O) groups is 1. The third kappa shape index (κ3) is 5.00. The van der Waals surface area contributed by atoms with Gasteiger partial charge < -0.3 is 10.1 Å². The molecule has 0 atom stereocenters. The summed E-state index contributed by atoms with van der Waals surface area (Å²) >= 11 is 0. The van der Waals surface area contributed by atoms with E-state index in [1.807, 2.05) is 44.2 Å². The third-order valence-corrected chi connectivity index (χ3v) is 6.51. The summed E-state index contributed by atoms with van der Waals surface area (Å²) in [5.41, 5.74) is 1.11. The van der Waals surface area contributed by atoms with Gasteiger partial charge in [0, 0.05) is 18.5 Å². The minimum Gasteiger partial charge on any atom is -0.481 e. The Morgan fingerprint density at radius 2 is 2.00 bits per heavy atom. The van der Waals surface area contributed by atoms with Crippen LogP contribution in [0.5, 0.6) is 5.75 Å². The van der Waals surface area contributed by atoms with E-state index >= 15 is 0 Å². The molecule has 3 heterocycles. The Kier molecular flexibility index (Phi) is 6.56. The van der Waals surface area contributed by atoms with Crippen LogP contribution < -0.4 is 15.6 Å². The first-order chi connectivity index (χ1) is 17.8. The lowest BCUT2D eigenvalue weighted by atomic mass is 9.84. The number of hydrogen-bond acceptors (Lipinski definition) is 6. The molecule has 1 N–H and O–H groups in total. The van der Waals surface area contributed by atoms with Crippen LogP contribution in [-0.4, -0.2) is 30.2 Å². The van der Waals surface area contributed by atoms with Crippen LogP contribution in [0.1, 0.15) is 54.1 Å². The fourth-order valence-electron chi connectivity index (χ4n) is 4.56. The molecule has 2 aromatic heterocycles. The maximum Gasteiger partial charge on any atom is 0.296 e. The first-order valence-electron chi connectivity index (χ1n) is 12.1. The van der Waals surface area contributed by atoms with Crippen molar-refractivity contribution in [2.45, 2.75) is 51.8 Å². The second kappa shape index (κ2) is 9.96. The molecule has 5 rings (SSSR count). The van der Waals surface area contributed by atoms with Gasteiger partial charge in [0.2, 0.25) is 5.75 Å². The van der Waals surface area contributed by atoms with Gasteiger partial charge in [-0.05, 0) is 36.1 Å². The summed E-state index contributed by atoms with van der Waals surface area (Å²) in [6, 6.07) is 13.6. The summed E-state index contributed by atoms with van der Waals surface area (Å²) in [4.78, 5) is 35.6. The number of halogens is 1. The molecular formula is C27H27FN6O3. The fraction of sp³-hybridized carbons (Fsp3) is 0.296. The van der Waals surface area contributed by atoms with Crippen LogP contribution in [0.25, 0.3) is 5.69 Å². The van der Waals surface area contributed by atoms with E-state index in [0.29, 0.717) is 23.6 Å². The van der Waals surface area contributed by atoms with Crippen LogP contribution >= 0.6 is 0 Å². The van der Waals surface area contributed by atoms with Crippen LogP contribution in [-0.2, 0) is 25.1 Å². The Morgan fingerprint density at radius 1 is 1.19 bits per heavy atom. The quantitative estimate of drug-likeness (QED) is 0.415. The molecule has 10 heteroatoms. The fourth-order valence-corrected chi connectivity index (χ4v) is 4.56. The molecule has 0 unspecified atom stereocenters. The monoisotopic (exact) mass is 502 g/mol. The van der Waals surface area contributed by atoms with Crippen molar-refractivity contribution in [2.75, 3.05) is 0 Å². The van der Waals surface area contributed by atoms with Crippen molar-refractivity contribution in [1.29, 1.82) is 0 Å². The highest BCUT2D eigenvalue weighted by Crippen LogP contribution is 2.32. The van der Waals surface area contributed by atoms with Crippen LogP contribution in [0.2, 0.25) is 0 Å². The Balaban J connectivity index is 1.48. The van der Waals surface area contributed by atoms with E-state index in [0.717, 1.165) is 18.4 Å². The highest BCUT2D eigenvalue weighted by Gasteiger charge is 2.34. The number of nitrogens with one attached hydrogen (secondary N) is 1. The third-order valence-electron chi connectivity index (χ3n) is 6.51. The summed E-state index contributed by atoms with van der Waals surface area (Å²) < 4.78 is 22.9. The number of rotatable bonds is 7. The zero-order valence-electron chi connectivity index (χ0n) is 20.6. The smallest absolute Gasteiger partial charge is 0.296 e. The summed E-state index contributed by atoms with van der Waals surface area (Å²) in [7, 11) is 0. The van der Waals surface area contributed by atoms with Crippen molar-refractivity contribution in [3.63, 3.8) is 0 Å². The molecule has 37 heavy (non-hydrogen) atoms. The molecule has 9 nitrogen and oxygen atoms in total. The van der Waals surface area contributed by atoms with Gasteiger partial charge >= 0.3 is 0 Å². The second-order valence-corrected chi connectivity index (χ2v) is 9.63. The second-order valence-electron chi connectivity index (χ2n) is 9.63. The van der Waals surface area contributed by atoms with Gasteiger partial charge in [-0.15, -0.1) is 0 Å². The summed E-state index contributed by atoms with van der Waals surface area (Å²) in [5.74, 6) is -0.521. The van der Waals surface area contributed by atoms with E-state index in [4.69, 9.17) is 4.74 Å². The standard InChI is InChI=1S/C27H27FN6O3/c1-27(2)11-6-12-33-25(36)23(37-15-18-7-4-3-5-8-18)22(32-26(27)33)24(35)30-14-19-9-10-20(28)13-21(19)34-17-29-16-31-34/h3-5,7-10,13,16-17H,6,11-12,14-15H2,1-2H3,(H,30,35). The molecule has 0 fully saturated rings. The van der Waals surface area contributed by atoms with Crippen molar-refractivity contribution in [2.24, 2.45) is 0 Å². The highest BCUT2D eigenvalue weighted by atomic mass is 19.1. The van der Waals surface area contributed by atoms with Crippen molar-refractivity contribution in [3.8, 4) is 11.4 Å². The van der Waals surface area contributed by atoms with Gasteiger partial charge in [0.25, 0.3) is 11.5 Å². The van der Waals surface area contributed by atoms with Crippen LogP contribution in [0, 0.1) is 5.82 Å². The lowest BCUT2D eigenvalue weighted by molar-refractivity contribution is 0.0938. The molecule has 190 valence electrons. The number of hydrogen-bond donors (Lipinski definition) is 1. The average molecular weight is 503 g/mol. The number of carbonyl (C=O) groups excluding carboxylic acids is 1. The molecule has 2 aromatic carbocycles. The van der Waals surface area contributed by atoms with Gasteiger partial charge in [0.1, 0.15) is 30.9 Å². The Morgan fingerprint density at radius 3 is 2.76 bits per heavy atom. The van der Waals surface area contributed by atoms with Gasteiger partial charge in [0.15, 0.2) is 5.69 Å². The Bertz CT molecular complexity index is 1480. The minimum absolute atomic E-state index is 0.0515. The number of nitrogens with zero attached hydrogens (tertiary/aromatic N) is 5. The van der Waals surface area contributed by atoms with E-state index in [2.05, 4.69) is 20.4 Å². The number of aromatic nitrogens is 5. The van der Waals surface area contributed by atoms with E-state index in [1.54, 1.807) is 10.6 Å². The molecule has 0 saturated carbocycles. The molecule has 4 aromatic rings. The van der Waals surface area contributed by atoms with Crippen LogP contribution in [0.3, 0.4) is 0 Å². The maximum absolute atomic E-state index is 13.9. The van der Waals surface area contributed by atoms with E-state index < -0.39 is 11.7 Å². The van der Waals surface area contributed by atoms with Gasteiger partial charge in [-0.3, -0.25) is 14.2 Å². The lowest BCUT2D eigenvalue weighted by Gasteiger charge is -2.32. The summed E-state index contributed by atoms with van der Waals surface area (Å²) in [5, 5.41) is 6.89. The van der Waals surface area contributed by atoms with Gasteiger partial charge in [-0.1, -0.05) is 50.2 Å². The van der Waals surface area contributed by atoms with Gasteiger partial charge in [0.05, 0.1) is 5.69 Å². The predicted octanol–water partition coefficient (Wildman–Crippen LogP) is 3.54. The van der Waals surface area contributed by atoms with Crippen LogP contribution in [0.4, 0.5) is 4.39 Å². The molecule has 1 amide bonds. The zero-order valence-corrected chi connectivity index (χ0v) is 20.6. The molecule has 0 spiro atoms. The van der Waals surface area contributed by atoms with Crippen molar-refractivity contribution in [1.82, 2.24) is 29.6 Å². The highest BCUT2D eigenvalue weighted by molar-refractivity contribution is 5.94. The molecular weight excluding hydrogens is 475 g/mol.